The van der Waals surface area contributed by atoms with Crippen LogP contribution >= 0.6 is 23.4 Å². The van der Waals surface area contributed by atoms with Gasteiger partial charge in [-0.3, -0.25) is 14.6 Å². The summed E-state index contributed by atoms with van der Waals surface area (Å²) in [6.45, 7) is 2.23. The standard InChI is InChI=1S/C26H22ClN5OS/c27-18-10-11-25-23(16-18)31(22-8-4-5-9-24(22)34-25)26(33)13-15-30-14-12-21-20(17-30)28-29-32(21)19-6-2-1-3-7-19/h1-11,16H,12-15,17H2. The van der Waals surface area contributed by atoms with Crippen LogP contribution in [-0.4, -0.2) is 38.9 Å². The average Bonchev–Trinajstić information content (AvgIpc) is 3.30. The number of aromatic nitrogens is 3. The summed E-state index contributed by atoms with van der Waals surface area (Å²) in [7, 11) is 0. The molecule has 0 aliphatic carbocycles. The Hall–Kier alpha value is -3.13. The van der Waals surface area contributed by atoms with E-state index in [2.05, 4.69) is 21.3 Å². The van der Waals surface area contributed by atoms with Crippen LogP contribution in [0.3, 0.4) is 0 Å². The first-order valence-corrected chi connectivity index (χ1v) is 12.5. The van der Waals surface area contributed by atoms with Crippen molar-refractivity contribution in [3.63, 3.8) is 0 Å². The van der Waals surface area contributed by atoms with Gasteiger partial charge in [-0.2, -0.15) is 0 Å². The number of halogens is 1. The minimum Gasteiger partial charge on any atom is -0.296 e. The Labute approximate surface area is 207 Å². The number of carbonyl (C=O) groups is 1. The molecule has 2 aliphatic heterocycles. The fraction of sp³-hybridized carbons (Fsp3) is 0.192. The van der Waals surface area contributed by atoms with Crippen molar-refractivity contribution in [3.05, 3.63) is 89.2 Å². The van der Waals surface area contributed by atoms with Crippen molar-refractivity contribution in [1.82, 2.24) is 19.9 Å². The number of fused-ring (bicyclic) bond motifs is 3. The Kier molecular flexibility index (Phi) is 5.61. The minimum atomic E-state index is 0.0648. The number of para-hydroxylation sites is 2. The molecule has 0 fully saturated rings. The SMILES string of the molecule is O=C(CCN1CCc2c(nnn2-c2ccccc2)C1)N1c2ccccc2Sc2ccc(Cl)cc21. The van der Waals surface area contributed by atoms with E-state index < -0.39 is 0 Å². The zero-order chi connectivity index (χ0) is 23.1. The molecule has 0 atom stereocenters. The fourth-order valence-electron chi connectivity index (χ4n) is 4.59. The third-order valence-corrected chi connectivity index (χ3v) is 7.63. The maximum atomic E-state index is 13.5. The number of amides is 1. The second-order valence-corrected chi connectivity index (χ2v) is 9.94. The van der Waals surface area contributed by atoms with Gasteiger partial charge in [-0.05, 0) is 42.5 Å². The Bertz CT molecular complexity index is 1370. The molecule has 6 rings (SSSR count). The summed E-state index contributed by atoms with van der Waals surface area (Å²) in [5.41, 5.74) is 4.93. The smallest absolute Gasteiger partial charge is 0.232 e. The van der Waals surface area contributed by atoms with Crippen LogP contribution in [0.15, 0.2) is 82.6 Å². The van der Waals surface area contributed by atoms with E-state index in [9.17, 15) is 4.79 Å². The van der Waals surface area contributed by atoms with Gasteiger partial charge in [0.1, 0.15) is 5.69 Å². The molecule has 0 saturated heterocycles. The number of carbonyl (C=O) groups excluding carboxylic acids is 1. The highest BCUT2D eigenvalue weighted by molar-refractivity contribution is 7.99. The van der Waals surface area contributed by atoms with Gasteiger partial charge in [-0.1, -0.05) is 58.9 Å². The second kappa shape index (κ2) is 8.91. The van der Waals surface area contributed by atoms with Crippen molar-refractivity contribution >= 4 is 40.6 Å². The quantitative estimate of drug-likeness (QED) is 0.380. The number of nitrogens with zero attached hydrogens (tertiary/aromatic N) is 5. The van der Waals surface area contributed by atoms with Crippen LogP contribution in [-0.2, 0) is 17.8 Å². The highest BCUT2D eigenvalue weighted by Gasteiger charge is 2.29. The first-order chi connectivity index (χ1) is 16.7. The molecule has 0 unspecified atom stereocenters. The molecule has 8 heteroatoms. The number of anilines is 2. The van der Waals surface area contributed by atoms with E-state index in [1.807, 2.05) is 76.3 Å². The molecule has 2 aliphatic rings. The largest absolute Gasteiger partial charge is 0.296 e. The summed E-state index contributed by atoms with van der Waals surface area (Å²) >= 11 is 7.97. The lowest BCUT2D eigenvalue weighted by Crippen LogP contribution is -2.36. The predicted molar refractivity (Wildman–Crippen MR) is 134 cm³/mol. The van der Waals surface area contributed by atoms with Crippen molar-refractivity contribution in [1.29, 1.82) is 0 Å². The lowest BCUT2D eigenvalue weighted by Gasteiger charge is -2.32. The Balaban J connectivity index is 1.19. The third-order valence-electron chi connectivity index (χ3n) is 6.26. The molecular weight excluding hydrogens is 466 g/mol. The van der Waals surface area contributed by atoms with Crippen LogP contribution in [0.25, 0.3) is 5.69 Å². The van der Waals surface area contributed by atoms with Gasteiger partial charge in [-0.25, -0.2) is 4.68 Å². The number of benzene rings is 3. The van der Waals surface area contributed by atoms with E-state index in [-0.39, 0.29) is 5.91 Å². The topological polar surface area (TPSA) is 54.3 Å². The molecule has 0 N–H and O–H groups in total. The van der Waals surface area contributed by atoms with Crippen LogP contribution in [0.1, 0.15) is 17.8 Å². The highest BCUT2D eigenvalue weighted by Crippen LogP contribution is 2.49. The van der Waals surface area contributed by atoms with Crippen molar-refractivity contribution < 1.29 is 4.79 Å². The molecule has 3 heterocycles. The van der Waals surface area contributed by atoms with Crippen molar-refractivity contribution in [2.45, 2.75) is 29.2 Å². The van der Waals surface area contributed by atoms with Crippen LogP contribution in [0, 0.1) is 0 Å². The molecule has 1 aromatic heterocycles. The molecular formula is C26H22ClN5OS. The van der Waals surface area contributed by atoms with E-state index in [0.29, 0.717) is 24.5 Å². The Morgan fingerprint density at radius 2 is 1.76 bits per heavy atom. The van der Waals surface area contributed by atoms with Crippen molar-refractivity contribution in [3.8, 4) is 5.69 Å². The summed E-state index contributed by atoms with van der Waals surface area (Å²) in [6, 6.07) is 23.9. The van der Waals surface area contributed by atoms with Crippen LogP contribution in [0.5, 0.6) is 0 Å². The number of hydrogen-bond donors (Lipinski definition) is 0. The van der Waals surface area contributed by atoms with Gasteiger partial charge >= 0.3 is 0 Å². The number of hydrogen-bond acceptors (Lipinski definition) is 5. The van der Waals surface area contributed by atoms with E-state index in [0.717, 1.165) is 51.2 Å². The Morgan fingerprint density at radius 1 is 0.971 bits per heavy atom. The van der Waals surface area contributed by atoms with Gasteiger partial charge in [0.15, 0.2) is 0 Å². The van der Waals surface area contributed by atoms with Crippen LogP contribution in [0.2, 0.25) is 5.02 Å². The molecule has 170 valence electrons. The molecule has 34 heavy (non-hydrogen) atoms. The average molecular weight is 488 g/mol. The molecule has 3 aromatic carbocycles. The van der Waals surface area contributed by atoms with Gasteiger partial charge in [0.2, 0.25) is 5.91 Å². The first-order valence-electron chi connectivity index (χ1n) is 11.3. The maximum absolute atomic E-state index is 13.5. The van der Waals surface area contributed by atoms with Crippen LogP contribution in [0.4, 0.5) is 11.4 Å². The summed E-state index contributed by atoms with van der Waals surface area (Å²) < 4.78 is 1.93. The zero-order valence-corrected chi connectivity index (χ0v) is 20.0. The first kappa shape index (κ1) is 21.4. The molecule has 0 saturated carbocycles. The zero-order valence-electron chi connectivity index (χ0n) is 18.4. The Morgan fingerprint density at radius 3 is 2.65 bits per heavy atom. The maximum Gasteiger partial charge on any atom is 0.232 e. The van der Waals surface area contributed by atoms with Gasteiger partial charge in [0.05, 0.1) is 22.8 Å². The number of rotatable bonds is 4. The summed E-state index contributed by atoms with van der Waals surface area (Å²) in [6.07, 6.45) is 1.26. The molecule has 1 amide bonds. The predicted octanol–water partition coefficient (Wildman–Crippen LogP) is 5.50. The van der Waals surface area contributed by atoms with Crippen molar-refractivity contribution in [2.24, 2.45) is 0 Å². The van der Waals surface area contributed by atoms with Gasteiger partial charge in [-0.15, -0.1) is 5.10 Å². The lowest BCUT2D eigenvalue weighted by molar-refractivity contribution is -0.118. The molecule has 4 aromatic rings. The van der Waals surface area contributed by atoms with E-state index in [4.69, 9.17) is 11.6 Å². The summed E-state index contributed by atoms with van der Waals surface area (Å²) in [5, 5.41) is 9.43. The monoisotopic (exact) mass is 487 g/mol. The molecule has 0 spiro atoms. The lowest BCUT2D eigenvalue weighted by atomic mass is 10.1. The molecule has 6 nitrogen and oxygen atoms in total. The van der Waals surface area contributed by atoms with E-state index in [1.165, 1.54) is 0 Å². The fourth-order valence-corrected chi connectivity index (χ4v) is 5.80. The molecule has 0 radical (unpaired) electrons. The highest BCUT2D eigenvalue weighted by atomic mass is 35.5. The summed E-state index contributed by atoms with van der Waals surface area (Å²) in [5.74, 6) is 0.0648. The van der Waals surface area contributed by atoms with Crippen molar-refractivity contribution in [2.75, 3.05) is 18.0 Å². The van der Waals surface area contributed by atoms with Gasteiger partial charge in [0, 0.05) is 47.3 Å². The van der Waals surface area contributed by atoms with Gasteiger partial charge in [0.25, 0.3) is 0 Å². The minimum absolute atomic E-state index is 0.0648. The molecule has 0 bridgehead atoms. The summed E-state index contributed by atoms with van der Waals surface area (Å²) in [4.78, 5) is 19.8. The third kappa shape index (κ3) is 3.90. The second-order valence-electron chi connectivity index (χ2n) is 8.42. The van der Waals surface area contributed by atoms with E-state index in [1.54, 1.807) is 11.8 Å². The van der Waals surface area contributed by atoms with Gasteiger partial charge < -0.3 is 0 Å². The van der Waals surface area contributed by atoms with Crippen LogP contribution < -0.4 is 4.90 Å². The normalized spacial score (nSPS) is 14.9. The van der Waals surface area contributed by atoms with E-state index >= 15 is 0 Å².